The number of halogens is 1. The van der Waals surface area contributed by atoms with Gasteiger partial charge >= 0.3 is 0 Å². The molecule has 0 aromatic heterocycles. The molecule has 0 aliphatic carbocycles. The van der Waals surface area contributed by atoms with Crippen molar-refractivity contribution in [2.45, 2.75) is 33.4 Å². The Labute approximate surface area is 167 Å². The molecule has 0 spiro atoms. The highest BCUT2D eigenvalue weighted by molar-refractivity contribution is 7.99. The molecule has 1 aliphatic rings. The monoisotopic (exact) mass is 414 g/mol. The van der Waals surface area contributed by atoms with Gasteiger partial charge in [0.05, 0.1) is 9.92 Å². The average molecular weight is 415 g/mol. The Kier molecular flexibility index (Phi) is 4.41. The Morgan fingerprint density at radius 2 is 1.56 bits per heavy atom. The van der Waals surface area contributed by atoms with Gasteiger partial charge in [-0.2, -0.15) is 0 Å². The molecule has 6 heteroatoms. The third-order valence-electron chi connectivity index (χ3n) is 4.42. The molecule has 4 rings (SSSR count). The molecule has 0 radical (unpaired) electrons. The number of carbonyl (C=O) groups excluding carboxylic acids is 1. The number of hydrogen-bond acceptors (Lipinski definition) is 4. The lowest BCUT2D eigenvalue weighted by Gasteiger charge is -2.21. The smallest absolute Gasteiger partial charge is 0.209 e. The lowest BCUT2D eigenvalue weighted by molar-refractivity contribution is 0.103. The molecule has 27 heavy (non-hydrogen) atoms. The number of rotatable bonds is 2. The Hall–Kier alpha value is -2.08. The van der Waals surface area contributed by atoms with Crippen LogP contribution in [0.2, 0.25) is 5.02 Å². The van der Waals surface area contributed by atoms with Crippen LogP contribution in [0.1, 0.15) is 27.0 Å². The van der Waals surface area contributed by atoms with Gasteiger partial charge < -0.3 is 0 Å². The Balaban J connectivity index is 1.89. The molecular weight excluding hydrogens is 400 g/mol. The predicted octanol–water partition coefficient (Wildman–Crippen LogP) is 5.49. The van der Waals surface area contributed by atoms with Crippen molar-refractivity contribution in [1.29, 1.82) is 0 Å². The van der Waals surface area contributed by atoms with Crippen molar-refractivity contribution in [1.82, 2.24) is 0 Å². The number of aryl methyl sites for hydroxylation is 2. The second-order valence-corrected chi connectivity index (χ2v) is 9.86. The Morgan fingerprint density at radius 1 is 0.889 bits per heavy atom. The summed E-state index contributed by atoms with van der Waals surface area (Å²) in [5.41, 5.74) is 2.55. The first-order chi connectivity index (χ1) is 12.8. The summed E-state index contributed by atoms with van der Waals surface area (Å²) in [6.45, 7) is 4.01. The summed E-state index contributed by atoms with van der Waals surface area (Å²) in [5.74, 6) is -0.319. The van der Waals surface area contributed by atoms with Gasteiger partial charge in [-0.05, 0) is 61.4 Å². The third kappa shape index (κ3) is 3.00. The lowest BCUT2D eigenvalue weighted by Crippen LogP contribution is -2.20. The number of ketones is 1. The molecule has 3 nitrogen and oxygen atoms in total. The minimum Gasteiger partial charge on any atom is -0.289 e. The van der Waals surface area contributed by atoms with Crippen LogP contribution >= 0.6 is 23.4 Å². The van der Waals surface area contributed by atoms with Crippen LogP contribution < -0.4 is 0 Å². The fraction of sp³-hybridized carbons (Fsp3) is 0.0952. The number of hydrogen-bond donors (Lipinski definition) is 0. The quantitative estimate of drug-likeness (QED) is 0.435. The fourth-order valence-electron chi connectivity index (χ4n) is 3.32. The highest BCUT2D eigenvalue weighted by atomic mass is 35.5. The highest BCUT2D eigenvalue weighted by Gasteiger charge is 2.37. The van der Waals surface area contributed by atoms with E-state index >= 15 is 0 Å². The standard InChI is InChI=1S/C21H15ClO3S2/c1-12-9-13(2)11-14(10-12)26-17-8-7-16-20(23)15-5-3-4-6-18(15)27(24,25)21(16)19(17)22/h3-11H,1-2H3. The van der Waals surface area contributed by atoms with E-state index in [0.717, 1.165) is 16.0 Å². The van der Waals surface area contributed by atoms with Crippen LogP contribution in [0.25, 0.3) is 0 Å². The van der Waals surface area contributed by atoms with Gasteiger partial charge in [0.15, 0.2) is 5.78 Å². The molecule has 3 aromatic rings. The predicted molar refractivity (Wildman–Crippen MR) is 107 cm³/mol. The Bertz CT molecular complexity index is 1190. The molecule has 0 fully saturated rings. The molecule has 136 valence electrons. The summed E-state index contributed by atoms with van der Waals surface area (Å²) < 4.78 is 26.3. The second-order valence-electron chi connectivity index (χ2n) is 6.51. The van der Waals surface area contributed by atoms with Crippen LogP contribution in [0.3, 0.4) is 0 Å². The van der Waals surface area contributed by atoms with Gasteiger partial charge in [-0.15, -0.1) is 0 Å². The van der Waals surface area contributed by atoms with Gasteiger partial charge in [0.1, 0.15) is 4.90 Å². The molecule has 0 saturated heterocycles. The summed E-state index contributed by atoms with van der Waals surface area (Å²) >= 11 is 7.91. The molecule has 1 heterocycles. The molecule has 0 atom stereocenters. The number of carbonyl (C=O) groups is 1. The SMILES string of the molecule is Cc1cc(C)cc(Sc2ccc3c(c2Cl)S(=O)(=O)c2ccccc2C3=O)c1. The summed E-state index contributed by atoms with van der Waals surface area (Å²) in [7, 11) is -3.86. The van der Waals surface area contributed by atoms with Gasteiger partial charge in [-0.1, -0.05) is 41.6 Å². The van der Waals surface area contributed by atoms with E-state index in [1.165, 1.54) is 23.9 Å². The van der Waals surface area contributed by atoms with Crippen LogP contribution in [-0.4, -0.2) is 14.2 Å². The molecule has 0 saturated carbocycles. The maximum atomic E-state index is 13.1. The molecule has 3 aromatic carbocycles. The third-order valence-corrected chi connectivity index (χ3v) is 7.96. The molecule has 0 unspecified atom stereocenters. The summed E-state index contributed by atoms with van der Waals surface area (Å²) in [6.07, 6.45) is 0. The van der Waals surface area contributed by atoms with E-state index in [9.17, 15) is 13.2 Å². The zero-order valence-corrected chi connectivity index (χ0v) is 17.0. The van der Waals surface area contributed by atoms with E-state index in [-0.39, 0.29) is 31.7 Å². The van der Waals surface area contributed by atoms with E-state index in [1.54, 1.807) is 24.3 Å². The topological polar surface area (TPSA) is 51.2 Å². The summed E-state index contributed by atoms with van der Waals surface area (Å²) in [4.78, 5) is 14.3. The number of sulfone groups is 1. The van der Waals surface area contributed by atoms with Crippen molar-refractivity contribution in [2.24, 2.45) is 0 Å². The van der Waals surface area contributed by atoms with E-state index in [1.807, 2.05) is 26.0 Å². The Morgan fingerprint density at radius 3 is 2.26 bits per heavy atom. The first kappa shape index (κ1) is 18.3. The molecule has 0 amide bonds. The minimum absolute atomic E-state index is 0.0120. The molecule has 1 aliphatic heterocycles. The van der Waals surface area contributed by atoms with Gasteiger partial charge in [0.25, 0.3) is 0 Å². The zero-order chi connectivity index (χ0) is 19.3. The maximum Gasteiger partial charge on any atom is 0.209 e. The first-order valence-corrected chi connectivity index (χ1v) is 10.9. The lowest BCUT2D eigenvalue weighted by atomic mass is 10.0. The number of benzene rings is 3. The highest BCUT2D eigenvalue weighted by Crippen LogP contribution is 2.44. The largest absolute Gasteiger partial charge is 0.289 e. The van der Waals surface area contributed by atoms with Crippen molar-refractivity contribution in [3.8, 4) is 0 Å². The van der Waals surface area contributed by atoms with E-state index in [2.05, 4.69) is 6.07 Å². The molecular formula is C21H15ClO3S2. The maximum absolute atomic E-state index is 13.1. The molecule has 0 bridgehead atoms. The van der Waals surface area contributed by atoms with E-state index in [4.69, 9.17) is 11.6 Å². The van der Waals surface area contributed by atoms with Gasteiger partial charge in [-0.3, -0.25) is 4.79 Å². The van der Waals surface area contributed by atoms with Crippen LogP contribution in [0.5, 0.6) is 0 Å². The van der Waals surface area contributed by atoms with Gasteiger partial charge in [-0.25, -0.2) is 8.42 Å². The summed E-state index contributed by atoms with van der Waals surface area (Å²) in [5, 5.41) is 0.0968. The second kappa shape index (κ2) is 6.51. The zero-order valence-electron chi connectivity index (χ0n) is 14.6. The van der Waals surface area contributed by atoms with Gasteiger partial charge in [0, 0.05) is 20.9 Å². The van der Waals surface area contributed by atoms with Gasteiger partial charge in [0.2, 0.25) is 9.84 Å². The molecule has 0 N–H and O–H groups in total. The average Bonchev–Trinajstić information content (AvgIpc) is 2.61. The van der Waals surface area contributed by atoms with Crippen molar-refractivity contribution >= 4 is 39.0 Å². The first-order valence-electron chi connectivity index (χ1n) is 8.26. The van der Waals surface area contributed by atoms with Crippen molar-refractivity contribution < 1.29 is 13.2 Å². The minimum atomic E-state index is -3.86. The van der Waals surface area contributed by atoms with Crippen LogP contribution in [0.15, 0.2) is 74.2 Å². The van der Waals surface area contributed by atoms with Crippen molar-refractivity contribution in [3.63, 3.8) is 0 Å². The van der Waals surface area contributed by atoms with E-state index < -0.39 is 9.84 Å². The normalized spacial score (nSPS) is 14.6. The fourth-order valence-corrected chi connectivity index (χ4v) is 6.77. The van der Waals surface area contributed by atoms with Crippen LogP contribution in [0.4, 0.5) is 0 Å². The summed E-state index contributed by atoms with van der Waals surface area (Å²) in [6, 6.07) is 15.6. The van der Waals surface area contributed by atoms with Crippen molar-refractivity contribution in [3.05, 3.63) is 81.9 Å². The van der Waals surface area contributed by atoms with Crippen molar-refractivity contribution in [2.75, 3.05) is 0 Å². The van der Waals surface area contributed by atoms with E-state index in [0.29, 0.717) is 4.90 Å². The number of fused-ring (bicyclic) bond motifs is 2. The van der Waals surface area contributed by atoms with Crippen LogP contribution in [0, 0.1) is 13.8 Å². The van der Waals surface area contributed by atoms with Crippen LogP contribution in [-0.2, 0) is 9.84 Å².